The maximum atomic E-state index is 12.5. The highest BCUT2D eigenvalue weighted by atomic mass is 32.2. The lowest BCUT2D eigenvalue weighted by Gasteiger charge is -2.18. The van der Waals surface area contributed by atoms with E-state index in [1.165, 1.54) is 26.4 Å². The largest absolute Gasteiger partial charge is 0.495 e. The Bertz CT molecular complexity index is 896. The van der Waals surface area contributed by atoms with Gasteiger partial charge in [-0.25, -0.2) is 22.7 Å². The SMILES string of the molecule is COC(=O)C(CC(C)C)NC(=O)COC(=O)c1ccc(OC)c(S(=O)(=O)NC(C)C)c1. The first-order valence-corrected chi connectivity index (χ1v) is 11.1. The van der Waals surface area contributed by atoms with Crippen LogP contribution in [0, 0.1) is 5.92 Å². The molecule has 11 heteroatoms. The van der Waals surface area contributed by atoms with Gasteiger partial charge >= 0.3 is 11.9 Å². The molecule has 1 aromatic carbocycles. The molecule has 0 saturated carbocycles. The number of hydrogen-bond acceptors (Lipinski definition) is 8. The number of hydrogen-bond donors (Lipinski definition) is 2. The van der Waals surface area contributed by atoms with Crippen molar-refractivity contribution in [1.29, 1.82) is 0 Å². The van der Waals surface area contributed by atoms with Crippen LogP contribution in [0.15, 0.2) is 23.1 Å². The highest BCUT2D eigenvalue weighted by Gasteiger charge is 2.25. The van der Waals surface area contributed by atoms with E-state index in [9.17, 15) is 22.8 Å². The molecule has 0 aromatic heterocycles. The molecule has 0 heterocycles. The second-order valence-corrected chi connectivity index (χ2v) is 9.17. The molecule has 0 aliphatic carbocycles. The number of amides is 1. The van der Waals surface area contributed by atoms with Crippen molar-refractivity contribution in [2.45, 2.75) is 51.1 Å². The number of esters is 2. The monoisotopic (exact) mass is 458 g/mol. The number of nitrogens with one attached hydrogen (secondary N) is 2. The van der Waals surface area contributed by atoms with E-state index in [1.54, 1.807) is 13.8 Å². The van der Waals surface area contributed by atoms with Crippen LogP contribution in [-0.4, -0.2) is 59.2 Å². The van der Waals surface area contributed by atoms with E-state index in [2.05, 4.69) is 14.8 Å². The van der Waals surface area contributed by atoms with Gasteiger partial charge in [0.2, 0.25) is 10.0 Å². The van der Waals surface area contributed by atoms with Gasteiger partial charge in [0.1, 0.15) is 16.7 Å². The lowest BCUT2D eigenvalue weighted by atomic mass is 10.0. The molecule has 1 aromatic rings. The number of rotatable bonds is 11. The fourth-order valence-electron chi connectivity index (χ4n) is 2.67. The average Bonchev–Trinajstić information content (AvgIpc) is 2.69. The molecule has 2 N–H and O–H groups in total. The molecular weight excluding hydrogens is 428 g/mol. The summed E-state index contributed by atoms with van der Waals surface area (Å²) >= 11 is 0. The van der Waals surface area contributed by atoms with Crippen LogP contribution in [-0.2, 0) is 29.1 Å². The zero-order valence-corrected chi connectivity index (χ0v) is 19.4. The number of methoxy groups -OCH3 is 2. The quantitative estimate of drug-likeness (QED) is 0.473. The van der Waals surface area contributed by atoms with Crippen LogP contribution in [0.1, 0.15) is 44.5 Å². The standard InChI is InChI=1S/C20H30N2O8S/c1-12(2)9-15(20(25)29-6)21-18(23)11-30-19(24)14-7-8-16(28-5)17(10-14)31(26,27)22-13(3)4/h7-8,10,12-13,15,22H,9,11H2,1-6H3,(H,21,23). The van der Waals surface area contributed by atoms with E-state index in [0.717, 1.165) is 6.07 Å². The summed E-state index contributed by atoms with van der Waals surface area (Å²) in [7, 11) is -1.42. The van der Waals surface area contributed by atoms with Crippen molar-refractivity contribution < 1.29 is 37.0 Å². The molecule has 0 radical (unpaired) electrons. The third kappa shape index (κ3) is 8.18. The van der Waals surface area contributed by atoms with Crippen molar-refractivity contribution in [2.24, 2.45) is 5.92 Å². The predicted molar refractivity (Wildman–Crippen MR) is 112 cm³/mol. The van der Waals surface area contributed by atoms with Crippen LogP contribution in [0.25, 0.3) is 0 Å². The summed E-state index contributed by atoms with van der Waals surface area (Å²) < 4.78 is 42.2. The first-order valence-electron chi connectivity index (χ1n) is 9.66. The van der Waals surface area contributed by atoms with Gasteiger partial charge in [0, 0.05) is 6.04 Å². The van der Waals surface area contributed by atoms with E-state index in [4.69, 9.17) is 9.47 Å². The fourth-order valence-corrected chi connectivity index (χ4v) is 4.11. The van der Waals surface area contributed by atoms with E-state index >= 15 is 0 Å². The van der Waals surface area contributed by atoms with Crippen molar-refractivity contribution in [1.82, 2.24) is 10.0 Å². The molecule has 10 nitrogen and oxygen atoms in total. The number of carbonyl (C=O) groups excluding carboxylic acids is 3. The van der Waals surface area contributed by atoms with Gasteiger partial charge in [0.05, 0.1) is 19.8 Å². The zero-order valence-electron chi connectivity index (χ0n) is 18.6. The fraction of sp³-hybridized carbons (Fsp3) is 0.550. The number of benzene rings is 1. The van der Waals surface area contributed by atoms with Crippen molar-refractivity contribution in [2.75, 3.05) is 20.8 Å². The number of ether oxygens (including phenoxy) is 3. The second kappa shape index (κ2) is 11.7. The molecule has 0 bridgehead atoms. The normalized spacial score (nSPS) is 12.4. The summed E-state index contributed by atoms with van der Waals surface area (Å²) in [6, 6.07) is 2.52. The second-order valence-electron chi connectivity index (χ2n) is 7.49. The van der Waals surface area contributed by atoms with Crippen molar-refractivity contribution >= 4 is 27.9 Å². The maximum absolute atomic E-state index is 12.5. The molecule has 0 spiro atoms. The summed E-state index contributed by atoms with van der Waals surface area (Å²) in [6.45, 7) is 6.42. The van der Waals surface area contributed by atoms with E-state index in [1.807, 2.05) is 13.8 Å². The molecule has 0 aliphatic heterocycles. The van der Waals surface area contributed by atoms with Gasteiger partial charge in [-0.05, 0) is 44.4 Å². The molecule has 0 aliphatic rings. The van der Waals surface area contributed by atoms with Gasteiger partial charge in [-0.3, -0.25) is 4.79 Å². The van der Waals surface area contributed by atoms with Crippen LogP contribution < -0.4 is 14.8 Å². The van der Waals surface area contributed by atoms with Gasteiger partial charge in [0.15, 0.2) is 6.61 Å². The molecule has 174 valence electrons. The van der Waals surface area contributed by atoms with E-state index in [-0.39, 0.29) is 28.2 Å². The Balaban J connectivity index is 2.91. The Labute approximate surface area is 182 Å². The Morgan fingerprint density at radius 2 is 1.71 bits per heavy atom. The highest BCUT2D eigenvalue weighted by molar-refractivity contribution is 7.89. The molecule has 1 unspecified atom stereocenters. The van der Waals surface area contributed by atoms with Gasteiger partial charge in [-0.1, -0.05) is 13.8 Å². The Kier molecular flexibility index (Phi) is 9.92. The lowest BCUT2D eigenvalue weighted by molar-refractivity contribution is -0.145. The van der Waals surface area contributed by atoms with Crippen molar-refractivity contribution in [3.63, 3.8) is 0 Å². The topological polar surface area (TPSA) is 137 Å². The minimum atomic E-state index is -3.94. The van der Waals surface area contributed by atoms with Crippen LogP contribution in [0.5, 0.6) is 5.75 Å². The molecule has 31 heavy (non-hydrogen) atoms. The molecule has 1 atom stereocenters. The van der Waals surface area contributed by atoms with E-state index < -0.39 is 40.5 Å². The van der Waals surface area contributed by atoms with E-state index in [0.29, 0.717) is 6.42 Å². The van der Waals surface area contributed by atoms with Crippen molar-refractivity contribution in [3.8, 4) is 5.75 Å². The first-order chi connectivity index (χ1) is 14.4. The molecule has 0 fully saturated rings. The number of carbonyl (C=O) groups is 3. The minimum absolute atomic E-state index is 0.0528. The molecular formula is C20H30N2O8S. The summed E-state index contributed by atoms with van der Waals surface area (Å²) in [4.78, 5) is 36.0. The summed E-state index contributed by atoms with van der Waals surface area (Å²) in [6.07, 6.45) is 0.356. The third-order valence-electron chi connectivity index (χ3n) is 3.94. The van der Waals surface area contributed by atoms with Gasteiger partial charge in [-0.2, -0.15) is 0 Å². The Morgan fingerprint density at radius 3 is 2.23 bits per heavy atom. The van der Waals surface area contributed by atoms with Crippen LogP contribution >= 0.6 is 0 Å². The Morgan fingerprint density at radius 1 is 1.06 bits per heavy atom. The smallest absolute Gasteiger partial charge is 0.338 e. The van der Waals surface area contributed by atoms with Crippen molar-refractivity contribution in [3.05, 3.63) is 23.8 Å². The predicted octanol–water partition coefficient (Wildman–Crippen LogP) is 1.24. The van der Waals surface area contributed by atoms with Gasteiger partial charge in [0.25, 0.3) is 5.91 Å². The van der Waals surface area contributed by atoms with Gasteiger partial charge in [-0.15, -0.1) is 0 Å². The molecule has 1 rings (SSSR count). The molecule has 0 saturated heterocycles. The van der Waals surface area contributed by atoms with Crippen LogP contribution in [0.2, 0.25) is 0 Å². The van der Waals surface area contributed by atoms with Crippen LogP contribution in [0.3, 0.4) is 0 Å². The summed E-state index contributed by atoms with van der Waals surface area (Å²) in [5.74, 6) is -2.02. The summed E-state index contributed by atoms with van der Waals surface area (Å²) in [5.41, 5.74) is -0.0792. The minimum Gasteiger partial charge on any atom is -0.495 e. The Hall–Kier alpha value is -2.66. The van der Waals surface area contributed by atoms with Gasteiger partial charge < -0.3 is 19.5 Å². The lowest BCUT2D eigenvalue weighted by Crippen LogP contribution is -2.44. The highest BCUT2D eigenvalue weighted by Crippen LogP contribution is 2.25. The average molecular weight is 459 g/mol. The molecule has 1 amide bonds. The number of sulfonamides is 1. The zero-order chi connectivity index (χ0) is 23.8. The third-order valence-corrected chi connectivity index (χ3v) is 5.62. The first kappa shape index (κ1) is 26.4. The maximum Gasteiger partial charge on any atom is 0.338 e. The summed E-state index contributed by atoms with van der Waals surface area (Å²) in [5, 5.41) is 2.46. The van der Waals surface area contributed by atoms with Crippen LogP contribution in [0.4, 0.5) is 0 Å².